The molecule has 0 aliphatic carbocycles. The molecule has 3 rings (SSSR count). The van der Waals surface area contributed by atoms with Gasteiger partial charge in [0.1, 0.15) is 0 Å². The highest BCUT2D eigenvalue weighted by Gasteiger charge is 2.00. The van der Waals surface area contributed by atoms with Crippen LogP contribution in [0.4, 0.5) is 5.69 Å². The van der Waals surface area contributed by atoms with Crippen LogP contribution in [0.25, 0.3) is 10.9 Å². The second-order valence-electron chi connectivity index (χ2n) is 4.74. The van der Waals surface area contributed by atoms with Crippen LogP contribution >= 0.6 is 0 Å². The monoisotopic (exact) mass is 262 g/mol. The van der Waals surface area contributed by atoms with Crippen molar-refractivity contribution in [1.29, 1.82) is 5.26 Å². The first-order chi connectivity index (χ1) is 9.74. The first-order valence-corrected chi connectivity index (χ1v) is 6.41. The van der Waals surface area contributed by atoms with Crippen molar-refractivity contribution >= 4 is 16.6 Å². The van der Waals surface area contributed by atoms with Gasteiger partial charge >= 0.3 is 0 Å². The van der Waals surface area contributed by atoms with Gasteiger partial charge in [0.25, 0.3) is 0 Å². The average Bonchev–Trinajstić information content (AvgIpc) is 2.85. The standard InChI is InChI=1S/C16H14N4/c1-20-11-14-8-15(6-7-16(14)19-20)18-10-13-4-2-12(9-17)3-5-13/h2-8,11,18H,10H2,1H3. The van der Waals surface area contributed by atoms with Crippen molar-refractivity contribution in [3.8, 4) is 6.07 Å². The highest BCUT2D eigenvalue weighted by atomic mass is 15.2. The van der Waals surface area contributed by atoms with Crippen molar-refractivity contribution in [1.82, 2.24) is 9.78 Å². The zero-order valence-electron chi connectivity index (χ0n) is 11.2. The lowest BCUT2D eigenvalue weighted by Gasteiger charge is -2.06. The van der Waals surface area contributed by atoms with Gasteiger partial charge in [-0.2, -0.15) is 10.4 Å². The number of benzene rings is 2. The van der Waals surface area contributed by atoms with Crippen LogP contribution in [0, 0.1) is 11.3 Å². The van der Waals surface area contributed by atoms with E-state index in [4.69, 9.17) is 5.26 Å². The quantitative estimate of drug-likeness (QED) is 0.789. The highest BCUT2D eigenvalue weighted by Crippen LogP contribution is 2.18. The number of rotatable bonds is 3. The second kappa shape index (κ2) is 5.06. The summed E-state index contributed by atoms with van der Waals surface area (Å²) in [7, 11) is 1.92. The molecule has 0 saturated carbocycles. The molecule has 1 N–H and O–H groups in total. The molecule has 0 unspecified atom stereocenters. The fraction of sp³-hybridized carbons (Fsp3) is 0.125. The molecule has 0 aliphatic heterocycles. The van der Waals surface area contributed by atoms with Crippen LogP contribution < -0.4 is 5.32 Å². The van der Waals surface area contributed by atoms with Crippen molar-refractivity contribution in [3.63, 3.8) is 0 Å². The molecule has 98 valence electrons. The van der Waals surface area contributed by atoms with Crippen LogP contribution in [-0.2, 0) is 13.6 Å². The summed E-state index contributed by atoms with van der Waals surface area (Å²) >= 11 is 0. The largest absolute Gasteiger partial charge is 0.381 e. The summed E-state index contributed by atoms with van der Waals surface area (Å²) in [6.07, 6.45) is 2.00. The van der Waals surface area contributed by atoms with Gasteiger partial charge in [0, 0.05) is 30.9 Å². The molecule has 0 fully saturated rings. The van der Waals surface area contributed by atoms with E-state index in [0.29, 0.717) is 5.56 Å². The predicted molar refractivity (Wildman–Crippen MR) is 79.2 cm³/mol. The molecule has 3 aromatic rings. The normalized spacial score (nSPS) is 10.4. The number of anilines is 1. The molecule has 0 spiro atoms. The van der Waals surface area contributed by atoms with Gasteiger partial charge < -0.3 is 5.32 Å². The first-order valence-electron chi connectivity index (χ1n) is 6.41. The number of nitrogens with zero attached hydrogens (tertiary/aromatic N) is 3. The highest BCUT2D eigenvalue weighted by molar-refractivity contribution is 5.81. The van der Waals surface area contributed by atoms with E-state index in [9.17, 15) is 0 Å². The van der Waals surface area contributed by atoms with E-state index < -0.39 is 0 Å². The lowest BCUT2D eigenvalue weighted by Crippen LogP contribution is -1.98. The van der Waals surface area contributed by atoms with Gasteiger partial charge in [0.15, 0.2) is 0 Å². The number of hydrogen-bond donors (Lipinski definition) is 1. The van der Waals surface area contributed by atoms with Gasteiger partial charge in [-0.1, -0.05) is 12.1 Å². The van der Waals surface area contributed by atoms with Gasteiger partial charge in [0.05, 0.1) is 17.1 Å². The summed E-state index contributed by atoms with van der Waals surface area (Å²) in [6.45, 7) is 0.734. The topological polar surface area (TPSA) is 53.6 Å². The van der Waals surface area contributed by atoms with Crippen LogP contribution in [0.5, 0.6) is 0 Å². The van der Waals surface area contributed by atoms with E-state index in [1.165, 1.54) is 0 Å². The molecule has 0 bridgehead atoms. The summed E-state index contributed by atoms with van der Waals surface area (Å²) in [5.41, 5.74) is 3.90. The molecule has 0 aliphatic rings. The Bertz CT molecular complexity index is 778. The molecule has 0 radical (unpaired) electrons. The molecule has 4 heteroatoms. The van der Waals surface area contributed by atoms with E-state index in [1.54, 1.807) is 0 Å². The molecular formula is C16H14N4. The van der Waals surface area contributed by atoms with Crippen molar-refractivity contribution in [2.24, 2.45) is 7.05 Å². The molecule has 20 heavy (non-hydrogen) atoms. The Hall–Kier alpha value is -2.80. The summed E-state index contributed by atoms with van der Waals surface area (Å²) in [5, 5.41) is 17.6. The zero-order chi connectivity index (χ0) is 13.9. The maximum absolute atomic E-state index is 8.77. The van der Waals surface area contributed by atoms with Crippen molar-refractivity contribution in [2.45, 2.75) is 6.54 Å². The minimum absolute atomic E-state index is 0.686. The number of hydrogen-bond acceptors (Lipinski definition) is 3. The first kappa shape index (κ1) is 12.2. The van der Waals surface area contributed by atoms with Gasteiger partial charge in [-0.25, -0.2) is 0 Å². The third-order valence-corrected chi connectivity index (χ3v) is 3.20. The number of nitriles is 1. The molecule has 0 atom stereocenters. The third kappa shape index (κ3) is 2.47. The Morgan fingerprint density at radius 2 is 2.00 bits per heavy atom. The summed E-state index contributed by atoms with van der Waals surface area (Å²) in [5.74, 6) is 0. The van der Waals surface area contributed by atoms with Crippen molar-refractivity contribution in [3.05, 3.63) is 59.8 Å². The number of aryl methyl sites for hydroxylation is 1. The number of aromatic nitrogens is 2. The van der Waals surface area contributed by atoms with Gasteiger partial charge in [0.2, 0.25) is 0 Å². The molecule has 2 aromatic carbocycles. The van der Waals surface area contributed by atoms with E-state index >= 15 is 0 Å². The molecule has 0 saturated heterocycles. The molecule has 1 heterocycles. The van der Waals surface area contributed by atoms with Crippen LogP contribution in [0.1, 0.15) is 11.1 Å². The Morgan fingerprint density at radius 1 is 1.20 bits per heavy atom. The molecule has 0 amide bonds. The molecule has 4 nitrogen and oxygen atoms in total. The minimum Gasteiger partial charge on any atom is -0.381 e. The summed E-state index contributed by atoms with van der Waals surface area (Å²) in [6, 6.07) is 15.8. The average molecular weight is 262 g/mol. The summed E-state index contributed by atoms with van der Waals surface area (Å²) < 4.78 is 1.81. The minimum atomic E-state index is 0.686. The fourth-order valence-corrected chi connectivity index (χ4v) is 2.16. The lowest BCUT2D eigenvalue weighted by atomic mass is 10.1. The van der Waals surface area contributed by atoms with Crippen LogP contribution in [0.15, 0.2) is 48.7 Å². The maximum Gasteiger partial charge on any atom is 0.0991 e. The zero-order valence-corrected chi connectivity index (χ0v) is 11.2. The van der Waals surface area contributed by atoms with Crippen LogP contribution in [0.2, 0.25) is 0 Å². The Balaban J connectivity index is 1.74. The number of fused-ring (bicyclic) bond motifs is 1. The van der Waals surface area contributed by atoms with E-state index in [0.717, 1.165) is 28.7 Å². The predicted octanol–water partition coefficient (Wildman–Crippen LogP) is 3.06. The van der Waals surface area contributed by atoms with E-state index in [-0.39, 0.29) is 0 Å². The Labute approximate surface area is 117 Å². The SMILES string of the molecule is Cn1cc2cc(NCc3ccc(C#N)cc3)ccc2n1. The fourth-order valence-electron chi connectivity index (χ4n) is 2.16. The molecule has 1 aromatic heterocycles. The molecular weight excluding hydrogens is 248 g/mol. The number of nitrogens with one attached hydrogen (secondary N) is 1. The lowest BCUT2D eigenvalue weighted by molar-refractivity contribution is 0.780. The summed E-state index contributed by atoms with van der Waals surface area (Å²) in [4.78, 5) is 0. The second-order valence-corrected chi connectivity index (χ2v) is 4.74. The Kier molecular flexibility index (Phi) is 3.10. The van der Waals surface area contributed by atoms with Crippen molar-refractivity contribution in [2.75, 3.05) is 5.32 Å². The van der Waals surface area contributed by atoms with Gasteiger partial charge in [-0.05, 0) is 35.9 Å². The third-order valence-electron chi connectivity index (χ3n) is 3.20. The van der Waals surface area contributed by atoms with Crippen molar-refractivity contribution < 1.29 is 0 Å². The van der Waals surface area contributed by atoms with E-state index in [1.807, 2.05) is 54.3 Å². The van der Waals surface area contributed by atoms with Gasteiger partial charge in [-0.3, -0.25) is 4.68 Å². The van der Waals surface area contributed by atoms with Gasteiger partial charge in [-0.15, -0.1) is 0 Å². The van der Waals surface area contributed by atoms with Crippen LogP contribution in [0.3, 0.4) is 0 Å². The van der Waals surface area contributed by atoms with E-state index in [2.05, 4.69) is 22.6 Å². The van der Waals surface area contributed by atoms with Crippen LogP contribution in [-0.4, -0.2) is 9.78 Å². The Morgan fingerprint density at radius 3 is 2.75 bits per heavy atom. The maximum atomic E-state index is 8.77. The smallest absolute Gasteiger partial charge is 0.0991 e.